The van der Waals surface area contributed by atoms with Crippen molar-refractivity contribution in [2.75, 3.05) is 32.8 Å². The van der Waals surface area contributed by atoms with Gasteiger partial charge in [-0.05, 0) is 12.1 Å². The molecule has 96 valence electrons. The van der Waals surface area contributed by atoms with Gasteiger partial charge in [0.1, 0.15) is 12.3 Å². The zero-order chi connectivity index (χ0) is 12.8. The van der Waals surface area contributed by atoms with Gasteiger partial charge >= 0.3 is 0 Å². The van der Waals surface area contributed by atoms with Gasteiger partial charge in [-0.2, -0.15) is 0 Å². The molecule has 2 amide bonds. The Hall–Kier alpha value is -1.95. The van der Waals surface area contributed by atoms with Crippen molar-refractivity contribution in [1.82, 2.24) is 15.2 Å². The van der Waals surface area contributed by atoms with Gasteiger partial charge in [0.15, 0.2) is 0 Å². The molecule has 0 aliphatic carbocycles. The Kier molecular flexibility index (Phi) is 4.25. The Morgan fingerprint density at radius 3 is 3.11 bits per heavy atom. The first kappa shape index (κ1) is 12.5. The van der Waals surface area contributed by atoms with E-state index in [9.17, 15) is 9.59 Å². The van der Waals surface area contributed by atoms with E-state index in [1.807, 2.05) is 0 Å². The lowest BCUT2D eigenvalue weighted by Gasteiger charge is -2.26. The summed E-state index contributed by atoms with van der Waals surface area (Å²) in [6.45, 7) is 2.19. The van der Waals surface area contributed by atoms with Crippen LogP contribution in [0.25, 0.3) is 0 Å². The highest BCUT2D eigenvalue weighted by Gasteiger charge is 2.18. The maximum Gasteiger partial charge on any atom is 0.269 e. The van der Waals surface area contributed by atoms with Crippen molar-refractivity contribution in [1.29, 1.82) is 0 Å². The van der Waals surface area contributed by atoms with Gasteiger partial charge in [0, 0.05) is 25.8 Å². The molecule has 1 aromatic heterocycles. The molecule has 2 rings (SSSR count). The van der Waals surface area contributed by atoms with Crippen molar-refractivity contribution in [2.24, 2.45) is 0 Å². The van der Waals surface area contributed by atoms with Crippen LogP contribution in [0.1, 0.15) is 10.5 Å². The number of aromatic nitrogens is 1. The molecule has 0 saturated carbocycles. The van der Waals surface area contributed by atoms with Crippen LogP contribution in [-0.2, 0) is 9.53 Å². The lowest BCUT2D eigenvalue weighted by Crippen LogP contribution is -2.45. The number of hydrogen-bond donors (Lipinski definition) is 1. The predicted molar refractivity (Wildman–Crippen MR) is 64.0 cm³/mol. The summed E-state index contributed by atoms with van der Waals surface area (Å²) in [6, 6.07) is 5.16. The summed E-state index contributed by atoms with van der Waals surface area (Å²) in [5.74, 6) is -0.260. The number of amides is 2. The third-order valence-electron chi connectivity index (χ3n) is 2.65. The summed E-state index contributed by atoms with van der Waals surface area (Å²) in [4.78, 5) is 28.7. The maximum absolute atomic E-state index is 11.7. The second-order valence-corrected chi connectivity index (χ2v) is 3.90. The van der Waals surface area contributed by atoms with E-state index in [1.165, 1.54) is 0 Å². The second kappa shape index (κ2) is 6.11. The van der Waals surface area contributed by atoms with Crippen molar-refractivity contribution >= 4 is 11.8 Å². The minimum atomic E-state index is -0.226. The molecule has 0 unspecified atom stereocenters. The number of nitrogens with zero attached hydrogens (tertiary/aromatic N) is 2. The number of pyridine rings is 1. The van der Waals surface area contributed by atoms with Crippen LogP contribution in [-0.4, -0.2) is 54.5 Å². The van der Waals surface area contributed by atoms with E-state index in [-0.39, 0.29) is 18.4 Å². The molecule has 18 heavy (non-hydrogen) atoms. The van der Waals surface area contributed by atoms with Crippen molar-refractivity contribution in [3.63, 3.8) is 0 Å². The lowest BCUT2D eigenvalue weighted by atomic mass is 10.3. The Balaban J connectivity index is 1.75. The van der Waals surface area contributed by atoms with Gasteiger partial charge in [-0.3, -0.25) is 14.6 Å². The first-order valence-electron chi connectivity index (χ1n) is 5.82. The van der Waals surface area contributed by atoms with E-state index in [4.69, 9.17) is 4.74 Å². The Morgan fingerprint density at radius 1 is 1.50 bits per heavy atom. The third kappa shape index (κ3) is 3.27. The van der Waals surface area contributed by atoms with E-state index in [2.05, 4.69) is 10.3 Å². The van der Waals surface area contributed by atoms with Crippen molar-refractivity contribution < 1.29 is 14.3 Å². The normalized spacial score (nSPS) is 15.6. The molecule has 1 aliphatic heterocycles. The van der Waals surface area contributed by atoms with E-state index in [1.54, 1.807) is 29.3 Å². The number of nitrogens with one attached hydrogen (secondary N) is 1. The third-order valence-corrected chi connectivity index (χ3v) is 2.65. The van der Waals surface area contributed by atoms with Gasteiger partial charge in [-0.15, -0.1) is 0 Å². The Labute approximate surface area is 105 Å². The summed E-state index contributed by atoms with van der Waals surface area (Å²) in [5.41, 5.74) is 0.380. The van der Waals surface area contributed by atoms with E-state index in [0.29, 0.717) is 31.9 Å². The average molecular weight is 249 g/mol. The van der Waals surface area contributed by atoms with Crippen LogP contribution >= 0.6 is 0 Å². The fourth-order valence-electron chi connectivity index (χ4n) is 1.68. The molecule has 1 aromatic rings. The number of carbonyl (C=O) groups is 2. The summed E-state index contributed by atoms with van der Waals surface area (Å²) < 4.78 is 5.02. The van der Waals surface area contributed by atoms with E-state index >= 15 is 0 Å². The number of morpholine rings is 1. The highest BCUT2D eigenvalue weighted by atomic mass is 16.5. The minimum Gasteiger partial charge on any atom is -0.370 e. The fraction of sp³-hybridized carbons (Fsp3) is 0.417. The van der Waals surface area contributed by atoms with Crippen molar-refractivity contribution in [3.8, 4) is 0 Å². The summed E-state index contributed by atoms with van der Waals surface area (Å²) in [5, 5.41) is 2.73. The largest absolute Gasteiger partial charge is 0.370 e. The first-order chi connectivity index (χ1) is 8.77. The molecule has 1 saturated heterocycles. The summed E-state index contributed by atoms with van der Waals surface area (Å²) in [7, 11) is 0. The van der Waals surface area contributed by atoms with Crippen LogP contribution < -0.4 is 5.32 Å². The standard InChI is InChI=1S/C12H15N3O3/c16-11-9-18-8-7-15(11)6-5-14-12(17)10-3-1-2-4-13-10/h1-4H,5-9H2,(H,14,17). The average Bonchev–Trinajstić information content (AvgIpc) is 2.42. The number of hydrogen-bond acceptors (Lipinski definition) is 4. The molecule has 1 fully saturated rings. The zero-order valence-corrected chi connectivity index (χ0v) is 9.96. The first-order valence-corrected chi connectivity index (χ1v) is 5.82. The van der Waals surface area contributed by atoms with Crippen molar-refractivity contribution in [3.05, 3.63) is 30.1 Å². The zero-order valence-electron chi connectivity index (χ0n) is 9.96. The molecule has 2 heterocycles. The molecular formula is C12H15N3O3. The molecule has 6 nitrogen and oxygen atoms in total. The summed E-state index contributed by atoms with van der Waals surface area (Å²) in [6.07, 6.45) is 1.57. The predicted octanol–water partition coefficient (Wildman–Crippen LogP) is -0.330. The number of ether oxygens (including phenoxy) is 1. The van der Waals surface area contributed by atoms with Crippen LogP contribution in [0.4, 0.5) is 0 Å². The molecule has 0 aromatic carbocycles. The summed E-state index contributed by atoms with van der Waals surface area (Å²) >= 11 is 0. The van der Waals surface area contributed by atoms with E-state index < -0.39 is 0 Å². The minimum absolute atomic E-state index is 0.0339. The van der Waals surface area contributed by atoms with E-state index in [0.717, 1.165) is 0 Å². The van der Waals surface area contributed by atoms with Gasteiger partial charge in [0.25, 0.3) is 5.91 Å². The van der Waals surface area contributed by atoms with Gasteiger partial charge in [0.05, 0.1) is 6.61 Å². The van der Waals surface area contributed by atoms with Crippen LogP contribution in [0.15, 0.2) is 24.4 Å². The maximum atomic E-state index is 11.7. The molecule has 1 N–H and O–H groups in total. The van der Waals surface area contributed by atoms with Gasteiger partial charge < -0.3 is 15.0 Å². The van der Waals surface area contributed by atoms with Crippen molar-refractivity contribution in [2.45, 2.75) is 0 Å². The monoisotopic (exact) mass is 249 g/mol. The number of carbonyl (C=O) groups excluding carboxylic acids is 2. The Morgan fingerprint density at radius 2 is 2.39 bits per heavy atom. The molecule has 1 aliphatic rings. The smallest absolute Gasteiger partial charge is 0.269 e. The molecule has 0 spiro atoms. The van der Waals surface area contributed by atoms with Gasteiger partial charge in [-0.25, -0.2) is 0 Å². The van der Waals surface area contributed by atoms with Crippen LogP contribution in [0, 0.1) is 0 Å². The van der Waals surface area contributed by atoms with Gasteiger partial charge in [-0.1, -0.05) is 6.07 Å². The highest BCUT2D eigenvalue weighted by Crippen LogP contribution is 1.98. The SMILES string of the molecule is O=C(NCCN1CCOCC1=O)c1ccccn1. The fourth-order valence-corrected chi connectivity index (χ4v) is 1.68. The molecule has 0 atom stereocenters. The van der Waals surface area contributed by atoms with Crippen LogP contribution in [0.3, 0.4) is 0 Å². The topological polar surface area (TPSA) is 71.5 Å². The molecule has 6 heteroatoms. The van der Waals surface area contributed by atoms with Gasteiger partial charge in [0.2, 0.25) is 5.91 Å². The lowest BCUT2D eigenvalue weighted by molar-refractivity contribution is -0.142. The molecule has 0 bridgehead atoms. The molecular weight excluding hydrogens is 234 g/mol. The van der Waals surface area contributed by atoms with Crippen LogP contribution in [0.2, 0.25) is 0 Å². The molecule has 0 radical (unpaired) electrons. The number of rotatable bonds is 4. The Bertz CT molecular complexity index is 422. The second-order valence-electron chi connectivity index (χ2n) is 3.90. The van der Waals surface area contributed by atoms with Crippen LogP contribution in [0.5, 0.6) is 0 Å². The quantitative estimate of drug-likeness (QED) is 0.793. The highest BCUT2D eigenvalue weighted by molar-refractivity contribution is 5.92.